The number of hydrogen-bond acceptors (Lipinski definition) is 7. The normalized spacial score (nSPS) is 17.4. The fraction of sp³-hybridized carbons (Fsp3) is 0.375. The lowest BCUT2D eigenvalue weighted by atomic mass is 10.2. The van der Waals surface area contributed by atoms with E-state index in [4.69, 9.17) is 4.74 Å². The van der Waals surface area contributed by atoms with Crippen LogP contribution in [0, 0.1) is 0 Å². The third-order valence-corrected chi connectivity index (χ3v) is 8.13. The van der Waals surface area contributed by atoms with Crippen molar-refractivity contribution in [2.45, 2.75) is 29.9 Å². The van der Waals surface area contributed by atoms with Crippen LogP contribution in [0.4, 0.5) is 11.4 Å². The minimum Gasteiger partial charge on any atom is -0.382 e. The highest BCUT2D eigenvalue weighted by molar-refractivity contribution is 8.15. The van der Waals surface area contributed by atoms with Crippen molar-refractivity contribution in [2.75, 3.05) is 39.2 Å². The van der Waals surface area contributed by atoms with Crippen LogP contribution in [-0.2, 0) is 24.3 Å². The van der Waals surface area contributed by atoms with Crippen LogP contribution in [0.2, 0.25) is 0 Å². The van der Waals surface area contributed by atoms with Crippen LogP contribution in [0.3, 0.4) is 0 Å². The molecule has 0 radical (unpaired) electrons. The number of amides is 2. The van der Waals surface area contributed by atoms with Crippen LogP contribution in [0.5, 0.6) is 0 Å². The molecule has 0 unspecified atom stereocenters. The van der Waals surface area contributed by atoms with Gasteiger partial charge in [-0.25, -0.2) is 17.7 Å². The van der Waals surface area contributed by atoms with Crippen molar-refractivity contribution in [2.24, 2.45) is 4.99 Å². The molecule has 2 aromatic rings. The molecule has 1 fully saturated rings. The first-order valence-corrected chi connectivity index (χ1v) is 13.6. The topological polar surface area (TPSA) is 108 Å². The minimum absolute atomic E-state index is 0.00553. The van der Waals surface area contributed by atoms with E-state index < -0.39 is 15.3 Å². The van der Waals surface area contributed by atoms with Gasteiger partial charge in [0.05, 0.1) is 10.6 Å². The molecule has 0 aromatic heterocycles. The molecule has 9 nitrogen and oxygen atoms in total. The smallest absolute Gasteiger partial charge is 0.242 e. The summed E-state index contributed by atoms with van der Waals surface area (Å²) in [6.07, 6.45) is 0.603. The number of amidine groups is 1. The van der Waals surface area contributed by atoms with Crippen molar-refractivity contribution in [3.8, 4) is 0 Å². The van der Waals surface area contributed by atoms with Gasteiger partial charge in [-0.2, -0.15) is 0 Å². The average Bonchev–Trinajstić information content (AvgIpc) is 3.11. The highest BCUT2D eigenvalue weighted by Gasteiger charge is 2.39. The molecule has 0 spiro atoms. The van der Waals surface area contributed by atoms with Gasteiger partial charge in [0.2, 0.25) is 21.8 Å². The van der Waals surface area contributed by atoms with E-state index in [0.29, 0.717) is 42.7 Å². The van der Waals surface area contributed by atoms with Gasteiger partial charge in [-0.3, -0.25) is 14.5 Å². The zero-order valence-electron chi connectivity index (χ0n) is 20.0. The summed E-state index contributed by atoms with van der Waals surface area (Å²) < 4.78 is 31.6. The van der Waals surface area contributed by atoms with Crippen LogP contribution < -0.4 is 5.32 Å². The Balaban J connectivity index is 1.81. The predicted octanol–water partition coefficient (Wildman–Crippen LogP) is 3.32. The lowest BCUT2D eigenvalue weighted by Gasteiger charge is -2.16. The van der Waals surface area contributed by atoms with Crippen molar-refractivity contribution in [3.63, 3.8) is 0 Å². The highest BCUT2D eigenvalue weighted by Crippen LogP contribution is 2.32. The van der Waals surface area contributed by atoms with Crippen molar-refractivity contribution >= 4 is 50.1 Å². The number of ether oxygens (including phenoxy) is 1. The van der Waals surface area contributed by atoms with E-state index in [1.54, 1.807) is 29.2 Å². The average molecular weight is 519 g/mol. The molecule has 1 aliphatic heterocycles. The molecule has 2 aromatic carbocycles. The maximum atomic E-state index is 13.2. The number of nitrogens with one attached hydrogen (secondary N) is 1. The number of carbonyl (C=O) groups excluding carboxylic acids is 2. The molecule has 3 rings (SSSR count). The van der Waals surface area contributed by atoms with Crippen LogP contribution in [-0.4, -0.2) is 73.7 Å². The standard InChI is InChI=1S/C24H30N4O5S2/c1-4-33-15-9-14-28-23(30)21(17-22(29)25-18-10-6-5-7-11-18)34-24(28)26-19-12-8-13-20(16-19)35(31,32)27(2)3/h5-8,10-13,16,21H,4,9,14-15,17H2,1-3H3,(H,25,29)/t21-/m1/s1. The fourth-order valence-electron chi connectivity index (χ4n) is 3.34. The van der Waals surface area contributed by atoms with Crippen LogP contribution in [0.15, 0.2) is 64.5 Å². The van der Waals surface area contributed by atoms with Gasteiger partial charge in [-0.1, -0.05) is 36.0 Å². The number of benzene rings is 2. The van der Waals surface area contributed by atoms with Gasteiger partial charge in [0.1, 0.15) is 5.25 Å². The Morgan fingerprint density at radius 2 is 1.91 bits per heavy atom. The van der Waals surface area contributed by atoms with Gasteiger partial charge in [-0.05, 0) is 43.7 Å². The summed E-state index contributed by atoms with van der Waals surface area (Å²) in [5.41, 5.74) is 1.07. The molecule has 1 N–H and O–H groups in total. The van der Waals surface area contributed by atoms with Crippen LogP contribution in [0.25, 0.3) is 0 Å². The summed E-state index contributed by atoms with van der Waals surface area (Å²) in [7, 11) is -0.701. The van der Waals surface area contributed by atoms with Gasteiger partial charge in [-0.15, -0.1) is 0 Å². The minimum atomic E-state index is -3.63. The van der Waals surface area contributed by atoms with E-state index in [-0.39, 0.29) is 23.1 Å². The van der Waals surface area contributed by atoms with Crippen LogP contribution >= 0.6 is 11.8 Å². The summed E-state index contributed by atoms with van der Waals surface area (Å²) in [4.78, 5) is 32.0. The Labute approximate surface area is 210 Å². The molecular weight excluding hydrogens is 488 g/mol. The quantitative estimate of drug-likeness (QED) is 0.457. The van der Waals surface area contributed by atoms with Crippen LogP contribution in [0.1, 0.15) is 19.8 Å². The third-order valence-electron chi connectivity index (χ3n) is 5.14. The summed E-state index contributed by atoms with van der Waals surface area (Å²) in [5, 5.41) is 2.62. The molecule has 188 valence electrons. The summed E-state index contributed by atoms with van der Waals surface area (Å²) in [6.45, 7) is 3.37. The number of nitrogens with zero attached hydrogens (tertiary/aromatic N) is 3. The predicted molar refractivity (Wildman–Crippen MR) is 138 cm³/mol. The SMILES string of the molecule is CCOCCCN1C(=O)[C@@H](CC(=O)Nc2ccccc2)SC1=Nc1cccc(S(=O)(=O)N(C)C)c1. The molecule has 1 saturated heterocycles. The monoisotopic (exact) mass is 518 g/mol. The summed E-state index contributed by atoms with van der Waals surface area (Å²) in [6, 6.07) is 15.3. The lowest BCUT2D eigenvalue weighted by molar-refractivity contribution is -0.128. The second-order valence-corrected chi connectivity index (χ2v) is 11.3. The molecule has 1 heterocycles. The van der Waals surface area contributed by atoms with E-state index >= 15 is 0 Å². The zero-order chi connectivity index (χ0) is 25.4. The van der Waals surface area contributed by atoms with Gasteiger partial charge < -0.3 is 10.1 Å². The first kappa shape index (κ1) is 26.9. The van der Waals surface area contributed by atoms with Crippen molar-refractivity contribution in [3.05, 3.63) is 54.6 Å². The van der Waals surface area contributed by atoms with E-state index in [2.05, 4.69) is 10.3 Å². The molecule has 0 saturated carbocycles. The van der Waals surface area contributed by atoms with Gasteiger partial charge in [0.25, 0.3) is 0 Å². The second kappa shape index (κ2) is 12.3. The summed E-state index contributed by atoms with van der Waals surface area (Å²) in [5.74, 6) is -0.470. The number of aliphatic imine (C=N–C) groups is 1. The number of para-hydroxylation sites is 1. The van der Waals surface area contributed by atoms with Crippen molar-refractivity contribution in [1.82, 2.24) is 9.21 Å². The first-order chi connectivity index (χ1) is 16.7. The maximum absolute atomic E-state index is 13.2. The highest BCUT2D eigenvalue weighted by atomic mass is 32.2. The van der Waals surface area contributed by atoms with E-state index in [0.717, 1.165) is 4.31 Å². The number of thioether (sulfide) groups is 1. The molecule has 1 atom stereocenters. The second-order valence-electron chi connectivity index (χ2n) is 7.94. The molecule has 0 bridgehead atoms. The number of rotatable bonds is 11. The largest absolute Gasteiger partial charge is 0.382 e. The molecule has 2 amide bonds. The number of hydrogen-bond donors (Lipinski definition) is 1. The Morgan fingerprint density at radius 3 is 2.60 bits per heavy atom. The van der Waals surface area contributed by atoms with Gasteiger partial charge >= 0.3 is 0 Å². The third kappa shape index (κ3) is 7.14. The molecule has 1 aliphatic rings. The maximum Gasteiger partial charge on any atom is 0.242 e. The molecule has 11 heteroatoms. The number of sulfonamides is 1. The molecule has 0 aliphatic carbocycles. The van der Waals surface area contributed by atoms with Gasteiger partial charge in [0.15, 0.2) is 5.17 Å². The first-order valence-electron chi connectivity index (χ1n) is 11.2. The lowest BCUT2D eigenvalue weighted by Crippen LogP contribution is -2.34. The van der Waals surface area contributed by atoms with Crippen molar-refractivity contribution in [1.29, 1.82) is 0 Å². The molecule has 35 heavy (non-hydrogen) atoms. The summed E-state index contributed by atoms with van der Waals surface area (Å²) >= 11 is 1.21. The Hall–Kier alpha value is -2.73. The molecular formula is C24H30N4O5S2. The van der Waals surface area contributed by atoms with Gasteiger partial charge in [0, 0.05) is 46.0 Å². The van der Waals surface area contributed by atoms with Crippen molar-refractivity contribution < 1.29 is 22.7 Å². The Kier molecular flexibility index (Phi) is 9.44. The van der Waals surface area contributed by atoms with E-state index in [1.165, 1.54) is 38.0 Å². The Bertz CT molecular complexity index is 1170. The Morgan fingerprint density at radius 1 is 1.17 bits per heavy atom. The van der Waals surface area contributed by atoms with E-state index in [1.807, 2.05) is 25.1 Å². The number of carbonyl (C=O) groups is 2. The zero-order valence-corrected chi connectivity index (χ0v) is 21.6. The fourth-order valence-corrected chi connectivity index (χ4v) is 5.46. The van der Waals surface area contributed by atoms with E-state index in [9.17, 15) is 18.0 Å². The number of anilines is 1.